The van der Waals surface area contributed by atoms with Crippen LogP contribution < -0.4 is 0 Å². The van der Waals surface area contributed by atoms with Gasteiger partial charge in [-0.05, 0) is 19.1 Å². The van der Waals surface area contributed by atoms with Gasteiger partial charge in [-0.25, -0.2) is 14.5 Å². The lowest BCUT2D eigenvalue weighted by atomic mass is 10.3. The third-order valence-electron chi connectivity index (χ3n) is 2.32. The Morgan fingerprint density at radius 3 is 2.50 bits per heavy atom. The second-order valence-corrected chi connectivity index (χ2v) is 6.01. The first-order valence-electron chi connectivity index (χ1n) is 5.70. The van der Waals surface area contributed by atoms with Crippen molar-refractivity contribution in [3.8, 4) is 5.69 Å². The zero-order valence-corrected chi connectivity index (χ0v) is 12.7. The van der Waals surface area contributed by atoms with E-state index in [1.165, 1.54) is 4.68 Å². The van der Waals surface area contributed by atoms with E-state index in [1.807, 2.05) is 6.07 Å². The molecule has 0 aliphatic heterocycles. The number of para-hydroxylation sites is 1. The number of esters is 1. The number of carbonyl (C=O) groups excluding carboxylic acids is 1. The molecule has 0 aliphatic rings. The van der Waals surface area contributed by atoms with Crippen molar-refractivity contribution < 1.29 is 9.53 Å². The van der Waals surface area contributed by atoms with E-state index in [0.29, 0.717) is 5.69 Å². The van der Waals surface area contributed by atoms with Gasteiger partial charge in [0.1, 0.15) is 0 Å². The Labute approximate surface area is 130 Å². The summed E-state index contributed by atoms with van der Waals surface area (Å²) >= 11 is 17.6. The zero-order valence-electron chi connectivity index (χ0n) is 10.4. The van der Waals surface area contributed by atoms with Gasteiger partial charge in [0.2, 0.25) is 3.79 Å². The summed E-state index contributed by atoms with van der Waals surface area (Å²) in [7, 11) is 0. The molecule has 1 heterocycles. The van der Waals surface area contributed by atoms with Gasteiger partial charge in [-0.2, -0.15) is 0 Å². The lowest BCUT2D eigenvalue weighted by Gasteiger charge is -2.11. The molecule has 0 saturated heterocycles. The Morgan fingerprint density at radius 1 is 1.30 bits per heavy atom. The lowest BCUT2D eigenvalue weighted by Crippen LogP contribution is -2.11. The van der Waals surface area contributed by atoms with Gasteiger partial charge in [0.25, 0.3) is 5.82 Å². The van der Waals surface area contributed by atoms with Gasteiger partial charge in [-0.1, -0.05) is 53.0 Å². The number of benzene rings is 1. The van der Waals surface area contributed by atoms with Gasteiger partial charge >= 0.3 is 5.97 Å². The van der Waals surface area contributed by atoms with Crippen molar-refractivity contribution in [2.75, 3.05) is 6.61 Å². The van der Waals surface area contributed by atoms with Crippen molar-refractivity contribution in [1.29, 1.82) is 0 Å². The van der Waals surface area contributed by atoms with E-state index in [9.17, 15) is 4.79 Å². The van der Waals surface area contributed by atoms with Crippen LogP contribution in [0, 0.1) is 0 Å². The number of hydrogen-bond acceptors (Lipinski definition) is 4. The van der Waals surface area contributed by atoms with Crippen LogP contribution in [0.2, 0.25) is 0 Å². The van der Waals surface area contributed by atoms with Crippen molar-refractivity contribution in [2.24, 2.45) is 0 Å². The van der Waals surface area contributed by atoms with E-state index in [2.05, 4.69) is 10.1 Å². The summed E-state index contributed by atoms with van der Waals surface area (Å²) in [6.45, 7) is 1.89. The number of hydrogen-bond donors (Lipinski definition) is 0. The molecule has 2 rings (SSSR count). The number of nitrogens with zero attached hydrogens (tertiary/aromatic N) is 3. The third-order valence-corrected chi connectivity index (χ3v) is 2.83. The highest BCUT2D eigenvalue weighted by atomic mass is 35.6. The van der Waals surface area contributed by atoms with Crippen LogP contribution in [-0.2, 0) is 8.53 Å². The molecule has 0 unspecified atom stereocenters. The maximum absolute atomic E-state index is 11.7. The molecular formula is C12H10Cl3N3O2. The van der Waals surface area contributed by atoms with E-state index in [1.54, 1.807) is 31.2 Å². The Bertz CT molecular complexity index is 608. The molecule has 0 radical (unpaired) electrons. The molecule has 0 amide bonds. The molecule has 0 fully saturated rings. The van der Waals surface area contributed by atoms with Gasteiger partial charge in [0.05, 0.1) is 12.3 Å². The van der Waals surface area contributed by atoms with Gasteiger partial charge in [0, 0.05) is 0 Å². The largest absolute Gasteiger partial charge is 0.460 e. The summed E-state index contributed by atoms with van der Waals surface area (Å²) in [5, 5.41) is 4.04. The summed E-state index contributed by atoms with van der Waals surface area (Å²) in [5.74, 6) is -0.800. The Morgan fingerprint density at radius 2 is 1.95 bits per heavy atom. The van der Waals surface area contributed by atoms with Crippen molar-refractivity contribution in [1.82, 2.24) is 14.8 Å². The number of alkyl halides is 3. The zero-order chi connectivity index (χ0) is 14.8. The number of aromatic nitrogens is 3. The summed E-state index contributed by atoms with van der Waals surface area (Å²) in [5.41, 5.74) is 0.622. The van der Waals surface area contributed by atoms with Crippen LogP contribution in [0.15, 0.2) is 30.3 Å². The molecule has 0 N–H and O–H groups in total. The fourth-order valence-corrected chi connectivity index (χ4v) is 1.89. The van der Waals surface area contributed by atoms with Crippen molar-refractivity contribution in [3.63, 3.8) is 0 Å². The molecular weight excluding hydrogens is 325 g/mol. The first kappa shape index (κ1) is 15.1. The smallest absolute Gasteiger partial charge is 0.378 e. The van der Waals surface area contributed by atoms with Crippen molar-refractivity contribution in [3.05, 3.63) is 42.0 Å². The van der Waals surface area contributed by atoms with Crippen LogP contribution in [0.5, 0.6) is 0 Å². The SMILES string of the molecule is CCOC(=O)c1nc(C(Cl)(Cl)Cl)n(-c2ccccc2)n1. The number of halogens is 3. The highest BCUT2D eigenvalue weighted by molar-refractivity contribution is 6.66. The van der Waals surface area contributed by atoms with Gasteiger partial charge < -0.3 is 4.74 Å². The number of carbonyl (C=O) groups is 1. The second-order valence-electron chi connectivity index (χ2n) is 3.72. The maximum Gasteiger partial charge on any atom is 0.378 e. The normalized spacial score (nSPS) is 11.4. The van der Waals surface area contributed by atoms with E-state index >= 15 is 0 Å². The van der Waals surface area contributed by atoms with E-state index in [-0.39, 0.29) is 18.3 Å². The molecule has 0 aliphatic carbocycles. The molecule has 106 valence electrons. The fraction of sp³-hybridized carbons (Fsp3) is 0.250. The van der Waals surface area contributed by atoms with Crippen molar-refractivity contribution in [2.45, 2.75) is 10.7 Å². The Hall–Kier alpha value is -1.30. The molecule has 8 heteroatoms. The highest BCUT2D eigenvalue weighted by Crippen LogP contribution is 2.37. The van der Waals surface area contributed by atoms with Gasteiger partial charge in [-0.3, -0.25) is 0 Å². The summed E-state index contributed by atoms with van der Waals surface area (Å²) in [6, 6.07) is 8.93. The van der Waals surface area contributed by atoms with Gasteiger partial charge in [-0.15, -0.1) is 5.10 Å². The monoisotopic (exact) mass is 333 g/mol. The van der Waals surface area contributed by atoms with E-state index in [4.69, 9.17) is 39.5 Å². The molecule has 0 atom stereocenters. The van der Waals surface area contributed by atoms with Crippen LogP contribution in [0.3, 0.4) is 0 Å². The maximum atomic E-state index is 11.7. The molecule has 0 saturated carbocycles. The Kier molecular flexibility index (Phi) is 4.52. The molecule has 1 aromatic heterocycles. The predicted octanol–water partition coefficient (Wildman–Crippen LogP) is 3.27. The van der Waals surface area contributed by atoms with Crippen LogP contribution in [0.25, 0.3) is 5.69 Å². The molecule has 20 heavy (non-hydrogen) atoms. The third kappa shape index (κ3) is 3.23. The average molecular weight is 335 g/mol. The fourth-order valence-electron chi connectivity index (χ4n) is 1.53. The minimum absolute atomic E-state index is 0.0248. The lowest BCUT2D eigenvalue weighted by molar-refractivity contribution is 0.0512. The predicted molar refractivity (Wildman–Crippen MR) is 76.6 cm³/mol. The van der Waals surface area contributed by atoms with Crippen LogP contribution >= 0.6 is 34.8 Å². The standard InChI is InChI=1S/C12H10Cl3N3O2/c1-2-20-10(19)9-16-11(12(13,14)15)18(17-9)8-6-4-3-5-7-8/h3-7H,2H2,1H3. The second kappa shape index (κ2) is 5.99. The first-order chi connectivity index (χ1) is 9.43. The van der Waals surface area contributed by atoms with Crippen LogP contribution in [-0.4, -0.2) is 27.3 Å². The average Bonchev–Trinajstić information content (AvgIpc) is 2.85. The van der Waals surface area contributed by atoms with Crippen molar-refractivity contribution >= 4 is 40.8 Å². The molecule has 5 nitrogen and oxygen atoms in total. The summed E-state index contributed by atoms with van der Waals surface area (Å²) < 4.78 is 4.33. The summed E-state index contributed by atoms with van der Waals surface area (Å²) in [4.78, 5) is 15.6. The van der Waals surface area contributed by atoms with Crippen LogP contribution in [0.4, 0.5) is 0 Å². The molecule has 0 spiro atoms. The first-order valence-corrected chi connectivity index (χ1v) is 6.83. The van der Waals surface area contributed by atoms with E-state index in [0.717, 1.165) is 0 Å². The highest BCUT2D eigenvalue weighted by Gasteiger charge is 2.33. The minimum atomic E-state index is -1.81. The molecule has 2 aromatic rings. The van der Waals surface area contributed by atoms with Crippen LogP contribution in [0.1, 0.15) is 23.4 Å². The molecule has 1 aromatic carbocycles. The Balaban J connectivity index is 2.52. The minimum Gasteiger partial charge on any atom is -0.460 e. The number of rotatable bonds is 3. The summed E-state index contributed by atoms with van der Waals surface area (Å²) in [6.07, 6.45) is 0. The number of ether oxygens (including phenoxy) is 1. The van der Waals surface area contributed by atoms with E-state index < -0.39 is 9.76 Å². The van der Waals surface area contributed by atoms with Gasteiger partial charge in [0.15, 0.2) is 5.82 Å². The topological polar surface area (TPSA) is 57.0 Å². The quantitative estimate of drug-likeness (QED) is 0.638. The molecule has 0 bridgehead atoms.